The molecule has 0 aromatic carbocycles. The van der Waals surface area contributed by atoms with E-state index in [0.29, 0.717) is 5.75 Å². The maximum absolute atomic E-state index is 5.67. The summed E-state index contributed by atoms with van der Waals surface area (Å²) < 4.78 is 11.2. The molecule has 0 aliphatic carbocycles. The first-order valence-electron chi connectivity index (χ1n) is 7.21. The zero-order valence-electron chi connectivity index (χ0n) is 12.6. The topological polar surface area (TPSA) is 59.5 Å². The van der Waals surface area contributed by atoms with E-state index in [1.54, 1.807) is 13.4 Å². The average Bonchev–Trinajstić information content (AvgIpc) is 2.97. The number of aromatic nitrogens is 2. The van der Waals surface area contributed by atoms with Crippen LogP contribution >= 0.6 is 0 Å². The highest BCUT2D eigenvalue weighted by molar-refractivity contribution is 5.64. The van der Waals surface area contributed by atoms with E-state index in [2.05, 4.69) is 27.1 Å². The van der Waals surface area contributed by atoms with Crippen LogP contribution in [-0.4, -0.2) is 49.9 Å². The van der Waals surface area contributed by atoms with Gasteiger partial charge in [0.05, 0.1) is 13.2 Å². The van der Waals surface area contributed by atoms with Crippen molar-refractivity contribution in [2.45, 2.75) is 32.3 Å². The molecule has 1 N–H and O–H groups in total. The van der Waals surface area contributed by atoms with Crippen LogP contribution in [0.2, 0.25) is 0 Å². The second-order valence-corrected chi connectivity index (χ2v) is 5.02. The Morgan fingerprint density at radius 3 is 3.00 bits per heavy atom. The molecule has 2 rings (SSSR count). The van der Waals surface area contributed by atoms with Crippen molar-refractivity contribution in [2.24, 2.45) is 0 Å². The van der Waals surface area contributed by atoms with E-state index in [0.717, 1.165) is 50.6 Å². The largest absolute Gasteiger partial charge is 0.490 e. The van der Waals surface area contributed by atoms with Crippen LogP contribution in [0, 0.1) is 0 Å². The molecule has 1 aliphatic rings. The first kappa shape index (κ1) is 14.8. The van der Waals surface area contributed by atoms with Crippen LogP contribution in [0.15, 0.2) is 6.33 Å². The summed E-state index contributed by atoms with van der Waals surface area (Å²) in [6.45, 7) is 4.66. The van der Waals surface area contributed by atoms with Gasteiger partial charge >= 0.3 is 0 Å². The van der Waals surface area contributed by atoms with Crippen molar-refractivity contribution in [3.05, 3.63) is 6.33 Å². The molecule has 1 aromatic rings. The summed E-state index contributed by atoms with van der Waals surface area (Å²) in [6, 6.07) is 0. The van der Waals surface area contributed by atoms with E-state index in [9.17, 15) is 0 Å². The molecule has 1 fully saturated rings. The fraction of sp³-hybridized carbons (Fsp3) is 0.714. The predicted molar refractivity (Wildman–Crippen MR) is 79.6 cm³/mol. The number of ether oxygens (including phenoxy) is 2. The third kappa shape index (κ3) is 3.50. The fourth-order valence-electron chi connectivity index (χ4n) is 2.37. The minimum Gasteiger partial charge on any atom is -0.490 e. The van der Waals surface area contributed by atoms with Crippen LogP contribution in [0.3, 0.4) is 0 Å². The molecule has 1 aromatic heterocycles. The van der Waals surface area contributed by atoms with E-state index in [1.807, 2.05) is 7.05 Å². The monoisotopic (exact) mass is 280 g/mol. The lowest BCUT2D eigenvalue weighted by Crippen LogP contribution is -2.29. The van der Waals surface area contributed by atoms with Gasteiger partial charge in [-0.05, 0) is 19.3 Å². The lowest BCUT2D eigenvalue weighted by atomic mass is 10.2. The number of anilines is 2. The second-order valence-electron chi connectivity index (χ2n) is 5.02. The number of nitrogens with zero attached hydrogens (tertiary/aromatic N) is 3. The van der Waals surface area contributed by atoms with Crippen LogP contribution in [0.5, 0.6) is 5.75 Å². The van der Waals surface area contributed by atoms with Gasteiger partial charge in [0.2, 0.25) is 5.75 Å². The molecule has 2 heterocycles. The van der Waals surface area contributed by atoms with E-state index < -0.39 is 0 Å². The molecule has 20 heavy (non-hydrogen) atoms. The van der Waals surface area contributed by atoms with Crippen molar-refractivity contribution in [3.63, 3.8) is 0 Å². The summed E-state index contributed by atoms with van der Waals surface area (Å²) >= 11 is 0. The zero-order valence-corrected chi connectivity index (χ0v) is 12.6. The first-order chi connectivity index (χ1) is 9.76. The summed E-state index contributed by atoms with van der Waals surface area (Å²) in [7, 11) is 3.66. The molecule has 0 bridgehead atoms. The van der Waals surface area contributed by atoms with Gasteiger partial charge in [-0.15, -0.1) is 0 Å². The molecule has 0 radical (unpaired) electrons. The smallest absolute Gasteiger partial charge is 0.204 e. The maximum atomic E-state index is 5.67. The molecule has 0 amide bonds. The van der Waals surface area contributed by atoms with Crippen molar-refractivity contribution in [1.29, 1.82) is 0 Å². The maximum Gasteiger partial charge on any atom is 0.204 e. The Balaban J connectivity index is 2.12. The highest BCUT2D eigenvalue weighted by Crippen LogP contribution is 2.31. The summed E-state index contributed by atoms with van der Waals surface area (Å²) in [6.07, 6.45) is 5.14. The Labute approximate surface area is 120 Å². The summed E-state index contributed by atoms with van der Waals surface area (Å²) in [5, 5.41) is 3.27. The van der Waals surface area contributed by atoms with Gasteiger partial charge in [0.15, 0.2) is 11.6 Å². The Hall–Kier alpha value is -1.56. The molecule has 6 nitrogen and oxygen atoms in total. The Kier molecular flexibility index (Phi) is 5.40. The summed E-state index contributed by atoms with van der Waals surface area (Å²) in [5.41, 5.74) is 0. The summed E-state index contributed by atoms with van der Waals surface area (Å²) in [4.78, 5) is 10.7. The van der Waals surface area contributed by atoms with Crippen molar-refractivity contribution < 1.29 is 9.47 Å². The zero-order chi connectivity index (χ0) is 14.4. The molecule has 1 unspecified atom stereocenters. The van der Waals surface area contributed by atoms with Gasteiger partial charge < -0.3 is 19.7 Å². The van der Waals surface area contributed by atoms with Crippen molar-refractivity contribution in [2.75, 3.05) is 44.1 Å². The van der Waals surface area contributed by atoms with Gasteiger partial charge in [0.1, 0.15) is 6.33 Å². The van der Waals surface area contributed by atoms with E-state index in [1.165, 1.54) is 0 Å². The molecular formula is C14H24N4O2. The quantitative estimate of drug-likeness (QED) is 0.823. The molecule has 1 saturated heterocycles. The highest BCUT2D eigenvalue weighted by atomic mass is 16.5. The van der Waals surface area contributed by atoms with Crippen molar-refractivity contribution >= 4 is 11.6 Å². The number of rotatable bonds is 7. The van der Waals surface area contributed by atoms with Crippen LogP contribution in [0.25, 0.3) is 0 Å². The molecular weight excluding hydrogens is 256 g/mol. The third-order valence-corrected chi connectivity index (χ3v) is 3.39. The Bertz CT molecular complexity index is 422. The van der Waals surface area contributed by atoms with Crippen molar-refractivity contribution in [3.8, 4) is 5.75 Å². The minimum atomic E-state index is 0.284. The summed E-state index contributed by atoms with van der Waals surface area (Å²) in [5.74, 6) is 2.25. The number of hydrogen-bond acceptors (Lipinski definition) is 6. The van der Waals surface area contributed by atoms with Crippen molar-refractivity contribution in [1.82, 2.24) is 9.97 Å². The predicted octanol–water partition coefficient (Wildman–Crippen LogP) is 1.92. The van der Waals surface area contributed by atoms with Crippen LogP contribution < -0.4 is 15.0 Å². The normalized spacial score (nSPS) is 18.1. The highest BCUT2D eigenvalue weighted by Gasteiger charge is 2.21. The second kappa shape index (κ2) is 7.28. The van der Waals surface area contributed by atoms with Gasteiger partial charge in [0, 0.05) is 26.7 Å². The Morgan fingerprint density at radius 1 is 1.50 bits per heavy atom. The molecule has 1 atom stereocenters. The fourth-order valence-corrected chi connectivity index (χ4v) is 2.37. The van der Waals surface area contributed by atoms with E-state index in [4.69, 9.17) is 9.47 Å². The van der Waals surface area contributed by atoms with Gasteiger partial charge in [-0.1, -0.05) is 6.92 Å². The number of nitrogens with one attached hydrogen (secondary N) is 1. The van der Waals surface area contributed by atoms with Gasteiger partial charge in [-0.2, -0.15) is 0 Å². The molecule has 1 aliphatic heterocycles. The van der Waals surface area contributed by atoms with Gasteiger partial charge in [-0.25, -0.2) is 9.97 Å². The standard InChI is InChI=1S/C14H24N4O2/c1-4-7-15-13-12(19-3)14(17-10-16-13)18(2)9-11-6-5-8-20-11/h10-11H,4-9H2,1-3H3,(H,15,16,17). The molecule has 112 valence electrons. The van der Waals surface area contributed by atoms with E-state index in [-0.39, 0.29) is 6.10 Å². The number of hydrogen-bond donors (Lipinski definition) is 1. The van der Waals surface area contributed by atoms with Crippen LogP contribution in [-0.2, 0) is 4.74 Å². The van der Waals surface area contributed by atoms with Gasteiger partial charge in [-0.3, -0.25) is 0 Å². The molecule has 0 saturated carbocycles. The lowest BCUT2D eigenvalue weighted by Gasteiger charge is -2.24. The molecule has 0 spiro atoms. The van der Waals surface area contributed by atoms with Gasteiger partial charge in [0.25, 0.3) is 0 Å². The lowest BCUT2D eigenvalue weighted by molar-refractivity contribution is 0.116. The third-order valence-electron chi connectivity index (χ3n) is 3.39. The first-order valence-corrected chi connectivity index (χ1v) is 7.21. The Morgan fingerprint density at radius 2 is 2.35 bits per heavy atom. The van der Waals surface area contributed by atoms with Crippen LogP contribution in [0.4, 0.5) is 11.6 Å². The number of likely N-dealkylation sites (N-methyl/N-ethyl adjacent to an activating group) is 1. The van der Waals surface area contributed by atoms with E-state index >= 15 is 0 Å². The van der Waals surface area contributed by atoms with Crippen LogP contribution in [0.1, 0.15) is 26.2 Å². The molecule has 6 heteroatoms. The number of methoxy groups -OCH3 is 1. The average molecular weight is 280 g/mol. The minimum absolute atomic E-state index is 0.284. The SMILES string of the molecule is CCCNc1ncnc(N(C)CC2CCCO2)c1OC.